The molecule has 9 nitrogen and oxygen atoms in total. The molecule has 0 radical (unpaired) electrons. The third-order valence-corrected chi connectivity index (χ3v) is 6.40. The second-order valence-corrected chi connectivity index (χ2v) is 8.94. The summed E-state index contributed by atoms with van der Waals surface area (Å²) in [6.07, 6.45) is 1.03. The van der Waals surface area contributed by atoms with E-state index in [0.717, 1.165) is 27.2 Å². The number of amides is 4. The number of carbonyl (C=O) groups excluding carboxylic acids is 3. The lowest BCUT2D eigenvalue weighted by atomic mass is 9.93. The maximum atomic E-state index is 12.8. The topological polar surface area (TPSA) is 117 Å². The lowest BCUT2D eigenvalue weighted by Gasteiger charge is -2.21. The van der Waals surface area contributed by atoms with Crippen LogP contribution in [0.25, 0.3) is 10.8 Å². The lowest BCUT2D eigenvalue weighted by molar-refractivity contribution is -0.138. The van der Waals surface area contributed by atoms with E-state index in [1.807, 2.05) is 47.8 Å². The molecule has 1 fully saturated rings. The Morgan fingerprint density at radius 1 is 1.23 bits per heavy atom. The Labute approximate surface area is 186 Å². The molecule has 2 aromatic heterocycles. The maximum Gasteiger partial charge on any atom is 0.344 e. The highest BCUT2D eigenvalue weighted by atomic mass is 32.2. The zero-order chi connectivity index (χ0) is 21.8. The molecule has 31 heavy (non-hydrogen) atoms. The molecule has 1 aliphatic rings. The second kappa shape index (κ2) is 8.90. The predicted octanol–water partition coefficient (Wildman–Crippen LogP) is 2.86. The van der Waals surface area contributed by atoms with Crippen LogP contribution in [0.3, 0.4) is 0 Å². The third-order valence-electron chi connectivity index (χ3n) is 4.72. The van der Waals surface area contributed by atoms with E-state index >= 15 is 0 Å². The zero-order valence-corrected chi connectivity index (χ0v) is 18.2. The van der Waals surface area contributed by atoms with E-state index in [0.29, 0.717) is 18.7 Å². The molecule has 2 N–H and O–H groups in total. The van der Waals surface area contributed by atoms with Crippen molar-refractivity contribution in [2.45, 2.75) is 30.5 Å². The smallest absolute Gasteiger partial charge is 0.344 e. The van der Waals surface area contributed by atoms with Crippen molar-refractivity contribution < 1.29 is 18.8 Å². The highest BCUT2D eigenvalue weighted by molar-refractivity contribution is 7.99. The molecule has 0 bridgehead atoms. The van der Waals surface area contributed by atoms with E-state index in [2.05, 4.69) is 20.9 Å². The minimum Gasteiger partial charge on any atom is -0.410 e. The van der Waals surface area contributed by atoms with Crippen molar-refractivity contribution in [1.29, 1.82) is 0 Å². The minimum atomic E-state index is -1.09. The van der Waals surface area contributed by atoms with Gasteiger partial charge in [-0.25, -0.2) is 4.79 Å². The minimum absolute atomic E-state index is 0.0934. The molecule has 0 saturated carbocycles. The Balaban J connectivity index is 1.30. The number of aryl methyl sites for hydroxylation is 1. The van der Waals surface area contributed by atoms with Crippen LogP contribution in [-0.2, 0) is 16.0 Å². The summed E-state index contributed by atoms with van der Waals surface area (Å²) in [5, 5.41) is 13.4. The van der Waals surface area contributed by atoms with Gasteiger partial charge in [-0.1, -0.05) is 48.2 Å². The highest BCUT2D eigenvalue weighted by Crippen LogP contribution is 2.26. The second-order valence-electron chi connectivity index (χ2n) is 7.06. The van der Waals surface area contributed by atoms with Crippen molar-refractivity contribution in [3.8, 4) is 10.8 Å². The number of aromatic nitrogens is 2. The quantitative estimate of drug-likeness (QED) is 0.394. The third kappa shape index (κ3) is 4.78. The Kier molecular flexibility index (Phi) is 6.05. The summed E-state index contributed by atoms with van der Waals surface area (Å²) in [7, 11) is 0. The highest BCUT2D eigenvalue weighted by Gasteiger charge is 2.48. The first-order valence-electron chi connectivity index (χ1n) is 9.45. The fourth-order valence-electron chi connectivity index (χ4n) is 3.05. The molecule has 0 unspecified atom stereocenters. The number of thiophene rings is 1. The van der Waals surface area contributed by atoms with Crippen LogP contribution in [0, 0.1) is 0 Å². The van der Waals surface area contributed by atoms with Crippen LogP contribution in [0.5, 0.6) is 0 Å². The van der Waals surface area contributed by atoms with Gasteiger partial charge in [0.25, 0.3) is 17.0 Å². The fraction of sp³-hybridized carbons (Fsp3) is 0.250. The molecule has 1 saturated heterocycles. The first kappa shape index (κ1) is 21.1. The summed E-state index contributed by atoms with van der Waals surface area (Å²) in [5.41, 5.74) is 2.33. The Morgan fingerprint density at radius 3 is 2.77 bits per heavy atom. The molecule has 3 heterocycles. The number of carbonyl (C=O) groups is 3. The van der Waals surface area contributed by atoms with Crippen LogP contribution in [0.2, 0.25) is 0 Å². The molecule has 4 amide bonds. The van der Waals surface area contributed by atoms with Gasteiger partial charge in [-0.15, -0.1) is 21.5 Å². The number of rotatable bonds is 8. The van der Waals surface area contributed by atoms with Gasteiger partial charge >= 0.3 is 6.03 Å². The maximum absolute atomic E-state index is 12.8. The van der Waals surface area contributed by atoms with Crippen LogP contribution >= 0.6 is 23.1 Å². The van der Waals surface area contributed by atoms with Crippen LogP contribution < -0.4 is 10.7 Å². The van der Waals surface area contributed by atoms with Crippen LogP contribution in [-0.4, -0.2) is 44.3 Å². The lowest BCUT2D eigenvalue weighted by Crippen LogP contribution is -2.49. The van der Waals surface area contributed by atoms with Crippen LogP contribution in [0.1, 0.15) is 18.9 Å². The van der Waals surface area contributed by atoms with Gasteiger partial charge in [0.2, 0.25) is 5.91 Å². The number of urea groups is 1. The molecule has 0 aliphatic carbocycles. The summed E-state index contributed by atoms with van der Waals surface area (Å²) in [6, 6.07) is 12.7. The predicted molar refractivity (Wildman–Crippen MR) is 115 cm³/mol. The van der Waals surface area contributed by atoms with Crippen molar-refractivity contribution in [1.82, 2.24) is 25.9 Å². The fourth-order valence-corrected chi connectivity index (χ4v) is 4.25. The van der Waals surface area contributed by atoms with Crippen LogP contribution in [0.4, 0.5) is 4.79 Å². The van der Waals surface area contributed by atoms with Gasteiger partial charge in [-0.3, -0.25) is 15.0 Å². The number of nitrogens with zero attached hydrogens (tertiary/aromatic N) is 3. The zero-order valence-electron chi connectivity index (χ0n) is 16.5. The monoisotopic (exact) mass is 457 g/mol. The number of thioether (sulfide) groups is 1. The normalized spacial score (nSPS) is 18.3. The largest absolute Gasteiger partial charge is 0.410 e. The van der Waals surface area contributed by atoms with E-state index in [1.54, 1.807) is 6.92 Å². The van der Waals surface area contributed by atoms with E-state index in [4.69, 9.17) is 4.42 Å². The summed E-state index contributed by atoms with van der Waals surface area (Å²) in [4.78, 5) is 38.2. The molecule has 160 valence electrons. The molecule has 1 aliphatic heterocycles. The molecular weight excluding hydrogens is 438 g/mol. The van der Waals surface area contributed by atoms with Crippen molar-refractivity contribution >= 4 is 40.9 Å². The molecule has 0 spiro atoms. The van der Waals surface area contributed by atoms with Gasteiger partial charge < -0.3 is 9.73 Å². The Morgan fingerprint density at radius 2 is 2.03 bits per heavy atom. The van der Waals surface area contributed by atoms with Crippen molar-refractivity contribution in [2.24, 2.45) is 0 Å². The Hall–Kier alpha value is -3.18. The summed E-state index contributed by atoms with van der Waals surface area (Å²) < 4.78 is 5.51. The molecule has 1 aromatic carbocycles. The number of imide groups is 1. The van der Waals surface area contributed by atoms with E-state index in [1.165, 1.54) is 11.3 Å². The summed E-state index contributed by atoms with van der Waals surface area (Å²) >= 11 is 2.49. The van der Waals surface area contributed by atoms with Gasteiger partial charge in [0.1, 0.15) is 5.54 Å². The van der Waals surface area contributed by atoms with E-state index < -0.39 is 23.4 Å². The number of hydrogen-bond acceptors (Lipinski definition) is 8. The summed E-state index contributed by atoms with van der Waals surface area (Å²) in [5.74, 6) is -0.744. The first-order chi connectivity index (χ1) is 14.9. The molecule has 11 heteroatoms. The first-order valence-corrected chi connectivity index (χ1v) is 11.3. The van der Waals surface area contributed by atoms with E-state index in [-0.39, 0.29) is 11.0 Å². The van der Waals surface area contributed by atoms with Gasteiger partial charge in [-0.05, 0) is 36.8 Å². The number of hydrogen-bond donors (Lipinski definition) is 2. The number of nitrogens with one attached hydrogen (secondary N) is 2. The average molecular weight is 458 g/mol. The van der Waals surface area contributed by atoms with Gasteiger partial charge in [0, 0.05) is 0 Å². The Bertz CT molecular complexity index is 1090. The molecule has 1 atom stereocenters. The van der Waals surface area contributed by atoms with Crippen molar-refractivity contribution in [3.63, 3.8) is 0 Å². The standard InChI is InChI=1S/C20H19N5O4S2/c1-20(10-9-13-6-3-2-4-7-13)17(27)25(18(28)21-20)24-15(26)12-31-19-23-22-16(29-19)14-8-5-11-30-14/h2-8,11H,9-10,12H2,1H3,(H,21,28)(H,24,26)/t20-/m1/s1. The van der Waals surface area contributed by atoms with Gasteiger partial charge in [0.05, 0.1) is 10.6 Å². The number of benzene rings is 1. The van der Waals surface area contributed by atoms with Crippen LogP contribution in [0.15, 0.2) is 57.5 Å². The average Bonchev–Trinajstić information content (AvgIpc) is 3.50. The van der Waals surface area contributed by atoms with Gasteiger partial charge in [-0.2, -0.15) is 5.01 Å². The SMILES string of the molecule is C[C@]1(CCc2ccccc2)NC(=O)N(NC(=O)CSc2nnc(-c3cccs3)o2)C1=O. The van der Waals surface area contributed by atoms with E-state index in [9.17, 15) is 14.4 Å². The molecule has 3 aromatic rings. The molecule has 4 rings (SSSR count). The van der Waals surface area contributed by atoms with Crippen molar-refractivity contribution in [2.75, 3.05) is 5.75 Å². The summed E-state index contributed by atoms with van der Waals surface area (Å²) in [6.45, 7) is 1.65. The molecular formula is C20H19N5O4S2. The van der Waals surface area contributed by atoms with Crippen molar-refractivity contribution in [3.05, 3.63) is 53.4 Å². The number of hydrazine groups is 1. The van der Waals surface area contributed by atoms with Gasteiger partial charge in [0.15, 0.2) is 0 Å².